The average Bonchev–Trinajstić information content (AvgIpc) is 2.61. The maximum atomic E-state index is 13.1. The normalized spacial score (nSPS) is 20.1. The van der Waals surface area contributed by atoms with Gasteiger partial charge in [-0.3, -0.25) is 14.4 Å². The van der Waals surface area contributed by atoms with Gasteiger partial charge in [-0.2, -0.15) is 5.48 Å². The quantitative estimate of drug-likeness (QED) is 0.635. The lowest BCUT2D eigenvalue weighted by Crippen LogP contribution is -2.49. The number of carbonyl (C=O) groups excluding carboxylic acids is 3. The third kappa shape index (κ3) is 4.03. The number of hydrogen-bond acceptors (Lipinski definition) is 5. The third-order valence-corrected chi connectivity index (χ3v) is 6.31. The van der Waals surface area contributed by atoms with Crippen molar-refractivity contribution in [1.82, 2.24) is 10.4 Å². The summed E-state index contributed by atoms with van der Waals surface area (Å²) in [5.74, 6) is -0.579. The summed E-state index contributed by atoms with van der Waals surface area (Å²) in [6.07, 6.45) is 2.24. The number of carbonyl (C=O) groups is 3. The minimum Gasteiger partial charge on any atom is -0.341 e. The van der Waals surface area contributed by atoms with Crippen molar-refractivity contribution in [3.8, 4) is 0 Å². The summed E-state index contributed by atoms with van der Waals surface area (Å²) in [6, 6.07) is 4.09. The van der Waals surface area contributed by atoms with E-state index in [1.807, 2.05) is 32.9 Å². The second-order valence-corrected chi connectivity index (χ2v) is 8.44. The largest absolute Gasteiger partial charge is 0.341 e. The molecule has 0 aromatic heterocycles. The van der Waals surface area contributed by atoms with Gasteiger partial charge in [0.1, 0.15) is 24.0 Å². The molecule has 2 aliphatic rings. The smallest absolute Gasteiger partial charge is 0.238 e. The van der Waals surface area contributed by atoms with E-state index >= 15 is 0 Å². The minimum absolute atomic E-state index is 0.0195. The van der Waals surface area contributed by atoms with Gasteiger partial charge >= 0.3 is 0 Å². The lowest BCUT2D eigenvalue weighted by molar-refractivity contribution is -0.140. The molecule has 1 spiro atoms. The molecule has 0 radical (unpaired) electrons. The molecule has 6 nitrogen and oxygen atoms in total. The van der Waals surface area contributed by atoms with Crippen LogP contribution in [0.15, 0.2) is 12.1 Å². The lowest BCUT2D eigenvalue weighted by atomic mass is 9.62. The first-order valence-electron chi connectivity index (χ1n) is 9.93. The molecule has 1 aliphatic carbocycles. The highest BCUT2D eigenvalue weighted by Crippen LogP contribution is 2.46. The van der Waals surface area contributed by atoms with Gasteiger partial charge in [0.2, 0.25) is 5.91 Å². The Balaban J connectivity index is 1.72. The standard InChI is InChI=1S/C22H30N2O4/c1-14-9-15(2)20(16(3)10-14)21-17(25)11-22(12-18(21)26)5-7-24(8-6-22)19(27)13-23-28-4/h9-10,21,23H,5-8,11-13H2,1-4H3. The molecular formula is C22H30N2O4. The Hall–Kier alpha value is -2.05. The maximum absolute atomic E-state index is 13.1. The van der Waals surface area contributed by atoms with Crippen LogP contribution in [0.5, 0.6) is 0 Å². The molecule has 1 saturated carbocycles. The van der Waals surface area contributed by atoms with Gasteiger partial charge in [0.05, 0.1) is 7.11 Å². The van der Waals surface area contributed by atoms with Gasteiger partial charge in [-0.15, -0.1) is 0 Å². The van der Waals surface area contributed by atoms with Crippen molar-refractivity contribution >= 4 is 17.5 Å². The van der Waals surface area contributed by atoms with Crippen molar-refractivity contribution < 1.29 is 19.2 Å². The number of piperidine rings is 1. The fraction of sp³-hybridized carbons (Fsp3) is 0.591. The van der Waals surface area contributed by atoms with E-state index in [1.54, 1.807) is 4.90 Å². The van der Waals surface area contributed by atoms with Crippen LogP contribution in [-0.2, 0) is 19.2 Å². The van der Waals surface area contributed by atoms with E-state index in [0.29, 0.717) is 38.8 Å². The van der Waals surface area contributed by atoms with Crippen LogP contribution >= 0.6 is 0 Å². The molecule has 28 heavy (non-hydrogen) atoms. The number of nitrogens with zero attached hydrogens (tertiary/aromatic N) is 1. The van der Waals surface area contributed by atoms with Crippen molar-refractivity contribution in [2.45, 2.75) is 52.4 Å². The Morgan fingerprint density at radius 3 is 2.14 bits per heavy atom. The molecule has 2 fully saturated rings. The Kier molecular flexibility index (Phi) is 6.01. The van der Waals surface area contributed by atoms with Gasteiger partial charge in [0.15, 0.2) is 0 Å². The molecule has 1 amide bonds. The maximum Gasteiger partial charge on any atom is 0.238 e. The Morgan fingerprint density at radius 1 is 1.11 bits per heavy atom. The Labute approximate surface area is 166 Å². The summed E-state index contributed by atoms with van der Waals surface area (Å²) >= 11 is 0. The highest BCUT2D eigenvalue weighted by atomic mass is 16.6. The van der Waals surface area contributed by atoms with Crippen LogP contribution in [0.1, 0.15) is 53.9 Å². The van der Waals surface area contributed by atoms with E-state index in [1.165, 1.54) is 7.11 Å². The number of benzene rings is 1. The van der Waals surface area contributed by atoms with E-state index in [-0.39, 0.29) is 29.4 Å². The second-order valence-electron chi connectivity index (χ2n) is 8.44. The number of hydroxylamine groups is 1. The summed E-state index contributed by atoms with van der Waals surface area (Å²) in [6.45, 7) is 7.29. The lowest BCUT2D eigenvalue weighted by Gasteiger charge is -2.44. The van der Waals surface area contributed by atoms with Crippen LogP contribution in [-0.4, -0.2) is 49.1 Å². The van der Waals surface area contributed by atoms with E-state index in [9.17, 15) is 14.4 Å². The summed E-state index contributed by atoms with van der Waals surface area (Å²) in [7, 11) is 1.48. The molecule has 0 bridgehead atoms. The van der Waals surface area contributed by atoms with Gasteiger partial charge < -0.3 is 9.74 Å². The number of likely N-dealkylation sites (tertiary alicyclic amines) is 1. The van der Waals surface area contributed by atoms with Crippen molar-refractivity contribution in [3.05, 3.63) is 34.4 Å². The first kappa shape index (κ1) is 20.7. The molecule has 1 N–H and O–H groups in total. The SMILES string of the molecule is CONCC(=O)N1CCC2(CC1)CC(=O)C(c1c(C)cc(C)cc1C)C(=O)C2. The first-order valence-corrected chi connectivity index (χ1v) is 9.93. The van der Waals surface area contributed by atoms with Crippen LogP contribution < -0.4 is 5.48 Å². The molecule has 1 aliphatic heterocycles. The second kappa shape index (κ2) is 8.13. The van der Waals surface area contributed by atoms with Crippen LogP contribution in [0.25, 0.3) is 0 Å². The highest BCUT2D eigenvalue weighted by Gasteiger charge is 2.47. The fourth-order valence-corrected chi connectivity index (χ4v) is 4.98. The molecular weight excluding hydrogens is 356 g/mol. The minimum atomic E-state index is -0.628. The number of Topliss-reactive ketones (excluding diaryl/α,β-unsaturated/α-hetero) is 2. The van der Waals surface area contributed by atoms with Gasteiger partial charge in [0.25, 0.3) is 0 Å². The van der Waals surface area contributed by atoms with Crippen LogP contribution in [0, 0.1) is 26.2 Å². The summed E-state index contributed by atoms with van der Waals surface area (Å²) < 4.78 is 0. The van der Waals surface area contributed by atoms with Gasteiger partial charge in [-0.1, -0.05) is 17.7 Å². The van der Waals surface area contributed by atoms with Crippen molar-refractivity contribution in [2.24, 2.45) is 5.41 Å². The number of nitrogens with one attached hydrogen (secondary N) is 1. The monoisotopic (exact) mass is 386 g/mol. The van der Waals surface area contributed by atoms with Crippen LogP contribution in [0.2, 0.25) is 0 Å². The van der Waals surface area contributed by atoms with Crippen LogP contribution in [0.3, 0.4) is 0 Å². The number of rotatable bonds is 4. The molecule has 0 unspecified atom stereocenters. The molecule has 1 saturated heterocycles. The van der Waals surface area contributed by atoms with Gasteiger partial charge in [-0.05, 0) is 55.7 Å². The molecule has 1 aromatic rings. The molecule has 1 heterocycles. The molecule has 1 aromatic carbocycles. The zero-order chi connectivity index (χ0) is 20.5. The zero-order valence-electron chi connectivity index (χ0n) is 17.3. The average molecular weight is 386 g/mol. The summed E-state index contributed by atoms with van der Waals surface area (Å²) in [5.41, 5.74) is 6.36. The zero-order valence-corrected chi connectivity index (χ0v) is 17.3. The number of hydrogen-bond donors (Lipinski definition) is 1. The third-order valence-electron chi connectivity index (χ3n) is 6.31. The topological polar surface area (TPSA) is 75.7 Å². The van der Waals surface area contributed by atoms with Crippen LogP contribution in [0.4, 0.5) is 0 Å². The van der Waals surface area contributed by atoms with E-state index in [2.05, 4.69) is 5.48 Å². The first-order chi connectivity index (χ1) is 13.3. The van der Waals surface area contributed by atoms with Crippen molar-refractivity contribution in [3.63, 3.8) is 0 Å². The Morgan fingerprint density at radius 2 is 1.64 bits per heavy atom. The fourth-order valence-electron chi connectivity index (χ4n) is 4.98. The number of aryl methyl sites for hydroxylation is 3. The molecule has 0 atom stereocenters. The predicted molar refractivity (Wildman–Crippen MR) is 106 cm³/mol. The summed E-state index contributed by atoms with van der Waals surface area (Å²) in [5, 5.41) is 0. The molecule has 3 rings (SSSR count). The molecule has 152 valence electrons. The predicted octanol–water partition coefficient (Wildman–Crippen LogP) is 2.39. The van der Waals surface area contributed by atoms with Gasteiger partial charge in [0, 0.05) is 25.9 Å². The van der Waals surface area contributed by atoms with Crippen molar-refractivity contribution in [1.29, 1.82) is 0 Å². The number of amides is 1. The van der Waals surface area contributed by atoms with Gasteiger partial charge in [-0.25, -0.2) is 0 Å². The summed E-state index contributed by atoms with van der Waals surface area (Å²) in [4.78, 5) is 44.9. The van der Waals surface area contributed by atoms with E-state index in [0.717, 1.165) is 22.3 Å². The Bertz CT molecular complexity index is 751. The van der Waals surface area contributed by atoms with Crippen molar-refractivity contribution in [2.75, 3.05) is 26.7 Å². The molecule has 6 heteroatoms. The van der Waals surface area contributed by atoms with E-state index in [4.69, 9.17) is 4.84 Å². The number of ketones is 2. The highest BCUT2D eigenvalue weighted by molar-refractivity contribution is 6.10. The van der Waals surface area contributed by atoms with E-state index < -0.39 is 5.92 Å².